The predicted molar refractivity (Wildman–Crippen MR) is 89.9 cm³/mol. The van der Waals surface area contributed by atoms with Gasteiger partial charge < -0.3 is 10.1 Å². The van der Waals surface area contributed by atoms with Gasteiger partial charge in [0.1, 0.15) is 5.75 Å². The van der Waals surface area contributed by atoms with E-state index < -0.39 is 0 Å². The largest absolute Gasteiger partial charge is 0.497 e. The van der Waals surface area contributed by atoms with Crippen LogP contribution in [0.1, 0.15) is 35.2 Å². The number of hydrogen-bond acceptors (Lipinski definition) is 4. The summed E-state index contributed by atoms with van der Waals surface area (Å²) in [7, 11) is 1.67. The summed E-state index contributed by atoms with van der Waals surface area (Å²) in [6.07, 6.45) is 4.98. The predicted octanol–water partition coefficient (Wildman–Crippen LogP) is 1.99. The lowest BCUT2D eigenvalue weighted by Gasteiger charge is -2.17. The zero-order valence-corrected chi connectivity index (χ0v) is 13.5. The molecule has 1 heterocycles. The van der Waals surface area contributed by atoms with Crippen molar-refractivity contribution in [2.24, 2.45) is 0 Å². The standard InChI is InChI=1S/C18H23N3O2/c1-23-14-8-6-13(7-9-14)12-19-11-10-17-15-4-2-3-5-16(15)18(22)21-20-17/h6-9,19H,2-5,10-12H2,1H3,(H,21,22). The van der Waals surface area contributed by atoms with Crippen LogP contribution in [0.2, 0.25) is 0 Å². The zero-order valence-electron chi connectivity index (χ0n) is 13.5. The Kier molecular flexibility index (Phi) is 5.08. The van der Waals surface area contributed by atoms with Crippen molar-refractivity contribution in [2.45, 2.75) is 38.6 Å². The average molecular weight is 313 g/mol. The van der Waals surface area contributed by atoms with Crippen molar-refractivity contribution >= 4 is 0 Å². The van der Waals surface area contributed by atoms with Crippen LogP contribution in [0.5, 0.6) is 5.75 Å². The molecule has 0 saturated carbocycles. The summed E-state index contributed by atoms with van der Waals surface area (Å²) < 4.78 is 5.16. The summed E-state index contributed by atoms with van der Waals surface area (Å²) in [6, 6.07) is 8.06. The van der Waals surface area contributed by atoms with Gasteiger partial charge >= 0.3 is 0 Å². The van der Waals surface area contributed by atoms with Gasteiger partial charge in [0.05, 0.1) is 12.8 Å². The maximum atomic E-state index is 11.8. The normalized spacial score (nSPS) is 13.6. The number of fused-ring (bicyclic) bond motifs is 1. The van der Waals surface area contributed by atoms with E-state index in [1.54, 1.807) is 7.11 Å². The number of hydrogen-bond donors (Lipinski definition) is 2. The third-order valence-electron chi connectivity index (χ3n) is 4.41. The van der Waals surface area contributed by atoms with E-state index in [-0.39, 0.29) is 5.56 Å². The topological polar surface area (TPSA) is 67.0 Å². The van der Waals surface area contributed by atoms with Crippen LogP contribution in [0.25, 0.3) is 0 Å². The van der Waals surface area contributed by atoms with Crippen molar-refractivity contribution in [3.8, 4) is 5.75 Å². The maximum absolute atomic E-state index is 11.8. The summed E-state index contributed by atoms with van der Waals surface area (Å²) in [6.45, 7) is 1.66. The van der Waals surface area contributed by atoms with Crippen molar-refractivity contribution in [2.75, 3.05) is 13.7 Å². The third-order valence-corrected chi connectivity index (χ3v) is 4.41. The molecule has 0 saturated heterocycles. The van der Waals surface area contributed by atoms with Crippen LogP contribution in [-0.2, 0) is 25.8 Å². The first kappa shape index (κ1) is 15.7. The number of H-pyrrole nitrogens is 1. The Balaban J connectivity index is 1.55. The molecular weight excluding hydrogens is 290 g/mol. The number of aromatic nitrogens is 2. The van der Waals surface area contributed by atoms with E-state index in [9.17, 15) is 4.79 Å². The van der Waals surface area contributed by atoms with Crippen LogP contribution >= 0.6 is 0 Å². The van der Waals surface area contributed by atoms with E-state index in [4.69, 9.17) is 4.74 Å². The first-order valence-electron chi connectivity index (χ1n) is 8.21. The van der Waals surface area contributed by atoms with Crippen LogP contribution in [-0.4, -0.2) is 23.9 Å². The highest BCUT2D eigenvalue weighted by Gasteiger charge is 2.17. The minimum Gasteiger partial charge on any atom is -0.497 e. The average Bonchev–Trinajstić information content (AvgIpc) is 2.61. The summed E-state index contributed by atoms with van der Waals surface area (Å²) in [4.78, 5) is 11.8. The highest BCUT2D eigenvalue weighted by Crippen LogP contribution is 2.20. The van der Waals surface area contributed by atoms with Gasteiger partial charge in [-0.3, -0.25) is 4.79 Å². The molecule has 23 heavy (non-hydrogen) atoms. The van der Waals surface area contributed by atoms with E-state index in [1.165, 1.54) is 11.1 Å². The van der Waals surface area contributed by atoms with Gasteiger partial charge in [-0.05, 0) is 48.9 Å². The Morgan fingerprint density at radius 2 is 1.91 bits per heavy atom. The Hall–Kier alpha value is -2.14. The lowest BCUT2D eigenvalue weighted by atomic mass is 9.91. The van der Waals surface area contributed by atoms with Crippen LogP contribution in [0.4, 0.5) is 0 Å². The van der Waals surface area contributed by atoms with Gasteiger partial charge in [0.25, 0.3) is 5.56 Å². The molecule has 2 aromatic rings. The minimum atomic E-state index is -0.00496. The Bertz CT molecular complexity index is 707. The third kappa shape index (κ3) is 3.79. The van der Waals surface area contributed by atoms with Crippen LogP contribution < -0.4 is 15.6 Å². The second-order valence-corrected chi connectivity index (χ2v) is 5.94. The highest BCUT2D eigenvalue weighted by molar-refractivity contribution is 5.30. The fraction of sp³-hybridized carbons (Fsp3) is 0.444. The number of benzene rings is 1. The summed E-state index contributed by atoms with van der Waals surface area (Å²) in [5.41, 5.74) is 4.40. The molecule has 5 nitrogen and oxygen atoms in total. The van der Waals surface area contributed by atoms with Crippen LogP contribution in [0.3, 0.4) is 0 Å². The van der Waals surface area contributed by atoms with E-state index in [0.29, 0.717) is 0 Å². The lowest BCUT2D eigenvalue weighted by molar-refractivity contribution is 0.414. The van der Waals surface area contributed by atoms with Gasteiger partial charge in [-0.15, -0.1) is 0 Å². The Morgan fingerprint density at radius 3 is 2.65 bits per heavy atom. The Morgan fingerprint density at radius 1 is 1.17 bits per heavy atom. The molecule has 0 aliphatic heterocycles. The van der Waals surface area contributed by atoms with Crippen LogP contribution in [0, 0.1) is 0 Å². The fourth-order valence-electron chi connectivity index (χ4n) is 3.12. The van der Waals surface area contributed by atoms with Gasteiger partial charge in [-0.1, -0.05) is 12.1 Å². The molecule has 0 radical (unpaired) electrons. The molecule has 1 aromatic heterocycles. The Labute approximate surface area is 136 Å². The van der Waals surface area contributed by atoms with Crippen molar-refractivity contribution in [1.29, 1.82) is 0 Å². The maximum Gasteiger partial charge on any atom is 0.267 e. The molecule has 1 aliphatic rings. The molecule has 1 aliphatic carbocycles. The monoisotopic (exact) mass is 313 g/mol. The first-order chi connectivity index (χ1) is 11.3. The van der Waals surface area contributed by atoms with E-state index in [1.807, 2.05) is 12.1 Å². The second-order valence-electron chi connectivity index (χ2n) is 5.94. The number of rotatable bonds is 6. The smallest absolute Gasteiger partial charge is 0.267 e. The van der Waals surface area contributed by atoms with Gasteiger partial charge in [-0.2, -0.15) is 5.10 Å². The van der Waals surface area contributed by atoms with Crippen LogP contribution in [0.15, 0.2) is 29.1 Å². The van der Waals surface area contributed by atoms with Gasteiger partial charge in [-0.25, -0.2) is 5.10 Å². The molecule has 0 fully saturated rings. The van der Waals surface area contributed by atoms with Gasteiger partial charge in [0, 0.05) is 25.1 Å². The molecule has 2 N–H and O–H groups in total. The van der Waals surface area contributed by atoms with Crippen molar-refractivity contribution in [3.63, 3.8) is 0 Å². The molecule has 3 rings (SSSR count). The number of methoxy groups -OCH3 is 1. The van der Waals surface area contributed by atoms with Crippen molar-refractivity contribution in [3.05, 3.63) is 57.0 Å². The molecule has 1 aromatic carbocycles. The van der Waals surface area contributed by atoms with Crippen molar-refractivity contribution < 1.29 is 4.74 Å². The molecule has 5 heteroatoms. The summed E-state index contributed by atoms with van der Waals surface area (Å²) in [5, 5.41) is 10.4. The molecule has 122 valence electrons. The van der Waals surface area contributed by atoms with E-state index >= 15 is 0 Å². The summed E-state index contributed by atoms with van der Waals surface area (Å²) in [5.74, 6) is 0.873. The van der Waals surface area contributed by atoms with Gasteiger partial charge in [0.15, 0.2) is 0 Å². The number of nitrogens with zero attached hydrogens (tertiary/aromatic N) is 1. The lowest BCUT2D eigenvalue weighted by Crippen LogP contribution is -2.25. The molecule has 0 atom stereocenters. The zero-order chi connectivity index (χ0) is 16.1. The quantitative estimate of drug-likeness (QED) is 0.800. The molecule has 0 spiro atoms. The molecular formula is C18H23N3O2. The number of aromatic amines is 1. The minimum absolute atomic E-state index is 0.00496. The number of nitrogens with one attached hydrogen (secondary N) is 2. The molecule has 0 unspecified atom stereocenters. The second kappa shape index (κ2) is 7.42. The van der Waals surface area contributed by atoms with Gasteiger partial charge in [0.2, 0.25) is 0 Å². The molecule has 0 bridgehead atoms. The van der Waals surface area contributed by atoms with E-state index in [2.05, 4.69) is 27.6 Å². The SMILES string of the molecule is COc1ccc(CNCCc2n[nH]c(=O)c3c2CCCC3)cc1. The van der Waals surface area contributed by atoms with E-state index in [0.717, 1.165) is 62.2 Å². The van der Waals surface area contributed by atoms with Crippen molar-refractivity contribution in [1.82, 2.24) is 15.5 Å². The number of ether oxygens (including phenoxy) is 1. The molecule has 0 amide bonds. The fourth-order valence-corrected chi connectivity index (χ4v) is 3.12. The summed E-state index contributed by atoms with van der Waals surface area (Å²) >= 11 is 0. The highest BCUT2D eigenvalue weighted by atomic mass is 16.5. The first-order valence-corrected chi connectivity index (χ1v) is 8.21.